The van der Waals surface area contributed by atoms with Gasteiger partial charge in [0.15, 0.2) is 0 Å². The zero-order chi connectivity index (χ0) is 10.8. The smallest absolute Gasteiger partial charge is 0.348 e. The van der Waals surface area contributed by atoms with Crippen LogP contribution in [-0.2, 0) is 11.2 Å². The SMILES string of the molecule is CCOC(=O)c1cc2c(s1)CCCC2C. The molecule has 0 saturated heterocycles. The number of aryl methyl sites for hydroxylation is 1. The Labute approximate surface area is 94.3 Å². The minimum absolute atomic E-state index is 0.163. The van der Waals surface area contributed by atoms with Gasteiger partial charge in [0.25, 0.3) is 0 Å². The van der Waals surface area contributed by atoms with Gasteiger partial charge in [0.05, 0.1) is 6.61 Å². The molecule has 0 spiro atoms. The zero-order valence-corrected chi connectivity index (χ0v) is 10.0. The molecule has 1 aromatic heterocycles. The highest BCUT2D eigenvalue weighted by atomic mass is 32.1. The third kappa shape index (κ3) is 2.07. The van der Waals surface area contributed by atoms with Gasteiger partial charge in [0.2, 0.25) is 0 Å². The number of esters is 1. The standard InChI is InChI=1S/C12H16O2S/c1-3-14-12(13)11-7-9-8(2)5-4-6-10(9)15-11/h7-8H,3-6H2,1-2H3. The van der Waals surface area contributed by atoms with Gasteiger partial charge in [-0.1, -0.05) is 6.92 Å². The maximum atomic E-state index is 11.6. The van der Waals surface area contributed by atoms with E-state index in [1.54, 1.807) is 11.3 Å². The second-order valence-electron chi connectivity index (χ2n) is 4.00. The van der Waals surface area contributed by atoms with E-state index in [2.05, 4.69) is 6.92 Å². The third-order valence-corrected chi connectivity index (χ3v) is 4.08. The zero-order valence-electron chi connectivity index (χ0n) is 9.21. The van der Waals surface area contributed by atoms with Crippen molar-refractivity contribution in [2.24, 2.45) is 0 Å². The van der Waals surface area contributed by atoms with Crippen LogP contribution in [-0.4, -0.2) is 12.6 Å². The van der Waals surface area contributed by atoms with Crippen molar-refractivity contribution in [3.63, 3.8) is 0 Å². The molecule has 1 heterocycles. The Balaban J connectivity index is 2.25. The van der Waals surface area contributed by atoms with Crippen molar-refractivity contribution >= 4 is 17.3 Å². The number of hydrogen-bond acceptors (Lipinski definition) is 3. The molecular weight excluding hydrogens is 208 g/mol. The molecule has 0 bridgehead atoms. The predicted octanol–water partition coefficient (Wildman–Crippen LogP) is 3.36. The molecule has 1 aliphatic rings. The van der Waals surface area contributed by atoms with E-state index in [4.69, 9.17) is 4.74 Å². The lowest BCUT2D eigenvalue weighted by molar-refractivity contribution is 0.0532. The maximum absolute atomic E-state index is 11.6. The van der Waals surface area contributed by atoms with Crippen LogP contribution in [0.1, 0.15) is 52.7 Å². The normalized spacial score (nSPS) is 19.7. The number of fused-ring (bicyclic) bond motifs is 1. The van der Waals surface area contributed by atoms with Gasteiger partial charge in [0, 0.05) is 4.88 Å². The summed E-state index contributed by atoms with van der Waals surface area (Å²) in [5, 5.41) is 0. The molecule has 0 saturated carbocycles. The number of ether oxygens (including phenoxy) is 1. The van der Waals surface area contributed by atoms with Crippen LogP contribution in [0.5, 0.6) is 0 Å². The highest BCUT2D eigenvalue weighted by Crippen LogP contribution is 2.36. The summed E-state index contributed by atoms with van der Waals surface area (Å²) in [5.41, 5.74) is 1.37. The van der Waals surface area contributed by atoms with Crippen molar-refractivity contribution in [1.82, 2.24) is 0 Å². The molecule has 2 nitrogen and oxygen atoms in total. The topological polar surface area (TPSA) is 26.3 Å². The Bertz CT molecular complexity index is 368. The van der Waals surface area contributed by atoms with Gasteiger partial charge in [-0.25, -0.2) is 4.79 Å². The molecule has 0 amide bonds. The first-order valence-electron chi connectivity index (χ1n) is 5.52. The second kappa shape index (κ2) is 4.35. The molecule has 0 N–H and O–H groups in total. The highest BCUT2D eigenvalue weighted by molar-refractivity contribution is 7.14. The lowest BCUT2D eigenvalue weighted by Crippen LogP contribution is -2.03. The molecule has 0 fully saturated rings. The number of rotatable bonds is 2. The minimum atomic E-state index is -0.163. The second-order valence-corrected chi connectivity index (χ2v) is 5.14. The average Bonchev–Trinajstić information content (AvgIpc) is 2.63. The van der Waals surface area contributed by atoms with E-state index >= 15 is 0 Å². The summed E-state index contributed by atoms with van der Waals surface area (Å²) in [5.74, 6) is 0.442. The molecule has 3 heteroatoms. The summed E-state index contributed by atoms with van der Waals surface area (Å²) in [7, 11) is 0. The van der Waals surface area contributed by atoms with Crippen LogP contribution >= 0.6 is 11.3 Å². The van der Waals surface area contributed by atoms with Crippen LogP contribution in [0.4, 0.5) is 0 Å². The minimum Gasteiger partial charge on any atom is -0.462 e. The van der Waals surface area contributed by atoms with Gasteiger partial charge >= 0.3 is 5.97 Å². The van der Waals surface area contributed by atoms with Gasteiger partial charge in [-0.05, 0) is 43.7 Å². The molecule has 0 radical (unpaired) electrons. The van der Waals surface area contributed by atoms with Crippen molar-refractivity contribution in [2.75, 3.05) is 6.61 Å². The maximum Gasteiger partial charge on any atom is 0.348 e. The van der Waals surface area contributed by atoms with Crippen molar-refractivity contribution < 1.29 is 9.53 Å². The van der Waals surface area contributed by atoms with Gasteiger partial charge < -0.3 is 4.74 Å². The van der Waals surface area contributed by atoms with Gasteiger partial charge in [-0.3, -0.25) is 0 Å². The van der Waals surface area contributed by atoms with Crippen molar-refractivity contribution in [1.29, 1.82) is 0 Å². The third-order valence-electron chi connectivity index (χ3n) is 2.89. The summed E-state index contributed by atoms with van der Waals surface area (Å²) < 4.78 is 5.01. The van der Waals surface area contributed by atoms with Gasteiger partial charge in [-0.2, -0.15) is 0 Å². The monoisotopic (exact) mass is 224 g/mol. The highest BCUT2D eigenvalue weighted by Gasteiger charge is 2.22. The summed E-state index contributed by atoms with van der Waals surface area (Å²) in [6.07, 6.45) is 3.62. The van der Waals surface area contributed by atoms with Crippen LogP contribution in [0.2, 0.25) is 0 Å². The Morgan fingerprint density at radius 3 is 3.13 bits per heavy atom. The fraction of sp³-hybridized carbons (Fsp3) is 0.583. The van der Waals surface area contributed by atoms with E-state index in [1.807, 2.05) is 13.0 Å². The summed E-state index contributed by atoms with van der Waals surface area (Å²) in [6, 6.07) is 2.03. The molecule has 0 aliphatic heterocycles. The number of carbonyl (C=O) groups is 1. The first-order chi connectivity index (χ1) is 7.22. The first kappa shape index (κ1) is 10.7. The summed E-state index contributed by atoms with van der Waals surface area (Å²) in [4.78, 5) is 13.7. The molecule has 1 unspecified atom stereocenters. The fourth-order valence-electron chi connectivity index (χ4n) is 2.08. The Hall–Kier alpha value is -0.830. The van der Waals surface area contributed by atoms with Gasteiger partial charge in [0.1, 0.15) is 4.88 Å². The van der Waals surface area contributed by atoms with E-state index in [0.29, 0.717) is 12.5 Å². The van der Waals surface area contributed by atoms with Crippen molar-refractivity contribution in [2.45, 2.75) is 39.0 Å². The van der Waals surface area contributed by atoms with Crippen LogP contribution in [0, 0.1) is 0 Å². The Morgan fingerprint density at radius 1 is 1.67 bits per heavy atom. The Kier molecular flexibility index (Phi) is 3.10. The molecule has 2 rings (SSSR count). The lowest BCUT2D eigenvalue weighted by atomic mass is 9.89. The lowest BCUT2D eigenvalue weighted by Gasteiger charge is -2.17. The van der Waals surface area contributed by atoms with Crippen molar-refractivity contribution in [3.8, 4) is 0 Å². The summed E-state index contributed by atoms with van der Waals surface area (Å²) >= 11 is 1.61. The van der Waals surface area contributed by atoms with Crippen LogP contribution in [0.15, 0.2) is 6.07 Å². The number of carbonyl (C=O) groups excluding carboxylic acids is 1. The van der Waals surface area contributed by atoms with E-state index in [-0.39, 0.29) is 5.97 Å². The number of thiophene rings is 1. The molecule has 15 heavy (non-hydrogen) atoms. The van der Waals surface area contributed by atoms with Crippen molar-refractivity contribution in [3.05, 3.63) is 21.4 Å². The van der Waals surface area contributed by atoms with E-state index in [0.717, 1.165) is 11.3 Å². The van der Waals surface area contributed by atoms with E-state index < -0.39 is 0 Å². The Morgan fingerprint density at radius 2 is 2.47 bits per heavy atom. The fourth-order valence-corrected chi connectivity index (χ4v) is 3.30. The molecule has 1 aliphatic carbocycles. The van der Waals surface area contributed by atoms with Crippen LogP contribution < -0.4 is 0 Å². The number of hydrogen-bond donors (Lipinski definition) is 0. The quantitative estimate of drug-likeness (QED) is 0.720. The van der Waals surface area contributed by atoms with Crippen LogP contribution in [0.25, 0.3) is 0 Å². The van der Waals surface area contributed by atoms with Gasteiger partial charge in [-0.15, -0.1) is 11.3 Å². The molecule has 1 aromatic rings. The van der Waals surface area contributed by atoms with E-state index in [1.165, 1.54) is 23.3 Å². The predicted molar refractivity (Wildman–Crippen MR) is 61.6 cm³/mol. The van der Waals surface area contributed by atoms with E-state index in [9.17, 15) is 4.79 Å². The average molecular weight is 224 g/mol. The largest absolute Gasteiger partial charge is 0.462 e. The first-order valence-corrected chi connectivity index (χ1v) is 6.33. The van der Waals surface area contributed by atoms with Crippen LogP contribution in [0.3, 0.4) is 0 Å². The molecule has 1 atom stereocenters. The summed E-state index contributed by atoms with van der Waals surface area (Å²) in [6.45, 7) is 4.53. The molecule has 82 valence electrons. The molecular formula is C12H16O2S. The molecule has 0 aromatic carbocycles.